The van der Waals surface area contributed by atoms with E-state index < -0.39 is 0 Å². The van der Waals surface area contributed by atoms with E-state index in [2.05, 4.69) is 12.0 Å². The number of rotatable bonds is 12. The van der Waals surface area contributed by atoms with Gasteiger partial charge in [-0.3, -0.25) is 14.7 Å². The fourth-order valence-corrected chi connectivity index (χ4v) is 3.36. The summed E-state index contributed by atoms with van der Waals surface area (Å²) in [5.74, 6) is -0.0404. The van der Waals surface area contributed by atoms with Crippen molar-refractivity contribution >= 4 is 5.78 Å². The number of carbonyl (C=O) groups excluding carboxylic acids is 1. The molecule has 1 heterocycles. The summed E-state index contributed by atoms with van der Waals surface area (Å²) in [5, 5.41) is 3.03. The van der Waals surface area contributed by atoms with Crippen molar-refractivity contribution in [2.75, 3.05) is 0 Å². The van der Waals surface area contributed by atoms with E-state index in [0.29, 0.717) is 17.7 Å². The molecule has 0 saturated heterocycles. The number of nitrogens with zero attached hydrogens (tertiary/aromatic N) is 1. The first kappa shape index (κ1) is 20.2. The molecule has 1 aromatic heterocycles. The second kappa shape index (κ2) is 10.8. The molecule has 0 spiro atoms. The number of nitrogens with one attached hydrogen (secondary N) is 1. The van der Waals surface area contributed by atoms with Crippen LogP contribution in [-0.4, -0.2) is 15.6 Å². The number of para-hydroxylation sites is 1. The molecule has 0 aliphatic carbocycles. The molecule has 4 nitrogen and oxygen atoms in total. The number of ketones is 1. The fraction of sp³-hybridized carbons (Fsp3) is 0.545. The number of benzene rings is 1. The van der Waals surface area contributed by atoms with E-state index >= 15 is 0 Å². The summed E-state index contributed by atoms with van der Waals surface area (Å²) in [6.45, 7) is 4.03. The predicted octanol–water partition coefficient (Wildman–Crippen LogP) is 5.58. The van der Waals surface area contributed by atoms with Gasteiger partial charge in [-0.2, -0.15) is 0 Å². The first-order chi connectivity index (χ1) is 12.6. The minimum absolute atomic E-state index is 0.0404. The number of unbranched alkanes of at least 4 members (excludes halogenated alkanes) is 8. The van der Waals surface area contributed by atoms with Gasteiger partial charge in [0.15, 0.2) is 5.78 Å². The average molecular weight is 357 g/mol. The number of hydrogen-bond acceptors (Lipinski definition) is 2. The summed E-state index contributed by atoms with van der Waals surface area (Å²) in [6, 6.07) is 9.36. The molecule has 0 aliphatic rings. The zero-order valence-electron chi connectivity index (χ0n) is 16.2. The average Bonchev–Trinajstić information content (AvgIpc) is 2.95. The van der Waals surface area contributed by atoms with Gasteiger partial charge in [0.05, 0.1) is 5.69 Å². The molecule has 0 unspecified atom stereocenters. The minimum Gasteiger partial charge on any atom is -0.295 e. The Morgan fingerprint density at radius 2 is 1.50 bits per heavy atom. The number of aryl methyl sites for hydroxylation is 1. The lowest BCUT2D eigenvalue weighted by Gasteiger charge is -2.02. The van der Waals surface area contributed by atoms with Crippen LogP contribution in [0.25, 0.3) is 5.69 Å². The Hall–Kier alpha value is -2.10. The summed E-state index contributed by atoms with van der Waals surface area (Å²) >= 11 is 0. The maximum atomic E-state index is 12.6. The Labute approximate surface area is 156 Å². The number of aromatic nitrogens is 2. The van der Waals surface area contributed by atoms with Gasteiger partial charge in [-0.25, -0.2) is 4.68 Å². The van der Waals surface area contributed by atoms with E-state index in [1.165, 1.54) is 49.6 Å². The van der Waals surface area contributed by atoms with Gasteiger partial charge in [-0.15, -0.1) is 0 Å². The molecule has 0 aliphatic heterocycles. The molecule has 0 bridgehead atoms. The van der Waals surface area contributed by atoms with Crippen LogP contribution in [0.2, 0.25) is 0 Å². The summed E-state index contributed by atoms with van der Waals surface area (Å²) < 4.78 is 1.46. The molecule has 1 N–H and O–H groups in total. The quantitative estimate of drug-likeness (QED) is 0.399. The van der Waals surface area contributed by atoms with Crippen molar-refractivity contribution in [2.45, 2.75) is 78.1 Å². The molecule has 0 fully saturated rings. The van der Waals surface area contributed by atoms with E-state index in [0.717, 1.165) is 18.5 Å². The molecule has 26 heavy (non-hydrogen) atoms. The predicted molar refractivity (Wildman–Crippen MR) is 107 cm³/mol. The van der Waals surface area contributed by atoms with Crippen LogP contribution in [0.3, 0.4) is 0 Å². The Balaban J connectivity index is 1.80. The lowest BCUT2D eigenvalue weighted by molar-refractivity contribution is 0.0977. The number of Topliss-reactive ketones (excluding diaryl/α,β-unsaturated/α-hetero) is 1. The van der Waals surface area contributed by atoms with Crippen LogP contribution in [0.1, 0.15) is 87.2 Å². The second-order valence-electron chi connectivity index (χ2n) is 7.09. The molecule has 142 valence electrons. The number of H-pyrrole nitrogens is 1. The van der Waals surface area contributed by atoms with Crippen molar-refractivity contribution in [3.05, 3.63) is 51.9 Å². The standard InChI is InChI=1S/C22H32N2O2/c1-3-4-5-6-7-8-9-10-14-17-20(25)21-18(2)23-24(22(21)26)19-15-12-11-13-16-19/h11-13,15-16,23H,3-10,14,17H2,1-2H3. The van der Waals surface area contributed by atoms with Crippen LogP contribution < -0.4 is 5.56 Å². The van der Waals surface area contributed by atoms with Gasteiger partial charge >= 0.3 is 0 Å². The second-order valence-corrected chi connectivity index (χ2v) is 7.09. The van der Waals surface area contributed by atoms with Crippen LogP contribution >= 0.6 is 0 Å². The third kappa shape index (κ3) is 5.72. The maximum Gasteiger partial charge on any atom is 0.282 e. The van der Waals surface area contributed by atoms with Gasteiger partial charge in [0.25, 0.3) is 5.56 Å². The van der Waals surface area contributed by atoms with E-state index in [9.17, 15) is 9.59 Å². The topological polar surface area (TPSA) is 54.9 Å². The lowest BCUT2D eigenvalue weighted by atomic mass is 10.0. The normalized spacial score (nSPS) is 11.0. The van der Waals surface area contributed by atoms with Crippen molar-refractivity contribution in [3.8, 4) is 5.69 Å². The van der Waals surface area contributed by atoms with Gasteiger partial charge in [-0.05, 0) is 25.5 Å². The highest BCUT2D eigenvalue weighted by Crippen LogP contribution is 2.13. The maximum absolute atomic E-state index is 12.6. The highest BCUT2D eigenvalue weighted by molar-refractivity contribution is 5.96. The molecular weight excluding hydrogens is 324 g/mol. The van der Waals surface area contributed by atoms with Gasteiger partial charge < -0.3 is 0 Å². The van der Waals surface area contributed by atoms with E-state index in [-0.39, 0.29) is 11.3 Å². The summed E-state index contributed by atoms with van der Waals surface area (Å²) in [6.07, 6.45) is 11.4. The molecule has 2 rings (SSSR count). The largest absolute Gasteiger partial charge is 0.295 e. The Kier molecular flexibility index (Phi) is 8.39. The molecule has 0 amide bonds. The van der Waals surface area contributed by atoms with Gasteiger partial charge in [0.1, 0.15) is 5.56 Å². The highest BCUT2D eigenvalue weighted by Gasteiger charge is 2.18. The van der Waals surface area contributed by atoms with Crippen molar-refractivity contribution in [1.29, 1.82) is 0 Å². The first-order valence-corrected chi connectivity index (χ1v) is 10.1. The molecule has 4 heteroatoms. The number of hydrogen-bond donors (Lipinski definition) is 1. The van der Waals surface area contributed by atoms with Crippen LogP contribution in [0.15, 0.2) is 35.1 Å². The van der Waals surface area contributed by atoms with Gasteiger partial charge in [-0.1, -0.05) is 76.5 Å². The smallest absolute Gasteiger partial charge is 0.282 e. The van der Waals surface area contributed by atoms with Gasteiger partial charge in [0, 0.05) is 12.1 Å². The van der Waals surface area contributed by atoms with Crippen LogP contribution in [0.5, 0.6) is 0 Å². The third-order valence-corrected chi connectivity index (χ3v) is 4.87. The summed E-state index contributed by atoms with van der Waals surface area (Å²) in [5.41, 5.74) is 1.48. The summed E-state index contributed by atoms with van der Waals surface area (Å²) in [7, 11) is 0. The Morgan fingerprint density at radius 3 is 2.12 bits per heavy atom. The van der Waals surface area contributed by atoms with E-state index in [1.807, 2.05) is 30.3 Å². The molecule has 0 atom stereocenters. The van der Waals surface area contributed by atoms with Gasteiger partial charge in [0.2, 0.25) is 0 Å². The van der Waals surface area contributed by atoms with E-state index in [4.69, 9.17) is 0 Å². The zero-order chi connectivity index (χ0) is 18.8. The zero-order valence-corrected chi connectivity index (χ0v) is 16.2. The Morgan fingerprint density at radius 1 is 0.923 bits per heavy atom. The molecular formula is C22H32N2O2. The molecule has 1 aromatic carbocycles. The van der Waals surface area contributed by atoms with Crippen LogP contribution in [-0.2, 0) is 0 Å². The monoisotopic (exact) mass is 356 g/mol. The Bertz CT molecular complexity index is 728. The SMILES string of the molecule is CCCCCCCCCCCC(=O)c1c(C)[nH]n(-c2ccccc2)c1=O. The van der Waals surface area contributed by atoms with Crippen molar-refractivity contribution in [3.63, 3.8) is 0 Å². The van der Waals surface area contributed by atoms with Crippen molar-refractivity contribution in [2.24, 2.45) is 0 Å². The van der Waals surface area contributed by atoms with Crippen LogP contribution in [0.4, 0.5) is 0 Å². The molecule has 0 radical (unpaired) electrons. The van der Waals surface area contributed by atoms with Crippen molar-refractivity contribution < 1.29 is 4.79 Å². The number of aromatic amines is 1. The number of carbonyl (C=O) groups is 1. The minimum atomic E-state index is -0.241. The summed E-state index contributed by atoms with van der Waals surface area (Å²) in [4.78, 5) is 25.1. The third-order valence-electron chi connectivity index (χ3n) is 4.87. The van der Waals surface area contributed by atoms with E-state index in [1.54, 1.807) is 6.92 Å². The first-order valence-electron chi connectivity index (χ1n) is 10.1. The highest BCUT2D eigenvalue weighted by atomic mass is 16.2. The fourth-order valence-electron chi connectivity index (χ4n) is 3.36. The lowest BCUT2D eigenvalue weighted by Crippen LogP contribution is -2.20. The molecule has 0 saturated carbocycles. The van der Waals surface area contributed by atoms with Crippen LogP contribution in [0, 0.1) is 6.92 Å². The van der Waals surface area contributed by atoms with Crippen molar-refractivity contribution in [1.82, 2.24) is 9.78 Å². The molecule has 2 aromatic rings.